The van der Waals surface area contributed by atoms with Gasteiger partial charge in [-0.25, -0.2) is 5.01 Å². The van der Waals surface area contributed by atoms with Gasteiger partial charge >= 0.3 is 5.97 Å². The van der Waals surface area contributed by atoms with Crippen molar-refractivity contribution in [3.05, 3.63) is 0 Å². The third-order valence-corrected chi connectivity index (χ3v) is 2.75. The average Bonchev–Trinajstić information content (AvgIpc) is 2.16. The number of carbonyl (C=O) groups excluding carboxylic acids is 1. The van der Waals surface area contributed by atoms with E-state index >= 15 is 0 Å². The number of hydrogen-bond donors (Lipinski definition) is 2. The Labute approximate surface area is 89.4 Å². The Kier molecular flexibility index (Phi) is 4.08. The summed E-state index contributed by atoms with van der Waals surface area (Å²) in [5, 5.41) is 10.5. The molecule has 2 N–H and O–H groups in total. The van der Waals surface area contributed by atoms with Gasteiger partial charge in [0.05, 0.1) is 11.8 Å². The molecule has 0 aromatic rings. The van der Waals surface area contributed by atoms with Crippen LogP contribution in [0.1, 0.15) is 25.7 Å². The van der Waals surface area contributed by atoms with Crippen LogP contribution in [-0.4, -0.2) is 36.1 Å². The maximum Gasteiger partial charge on any atom is 0.307 e. The maximum atomic E-state index is 11.7. The molecule has 5 nitrogen and oxygen atoms in total. The summed E-state index contributed by atoms with van der Waals surface area (Å²) in [7, 11) is 3.44. The third-order valence-electron chi connectivity index (χ3n) is 2.75. The van der Waals surface area contributed by atoms with Crippen LogP contribution in [0, 0.1) is 11.8 Å². The number of carbonyl (C=O) groups is 2. The summed E-state index contributed by atoms with van der Waals surface area (Å²) < 4.78 is 0. The van der Waals surface area contributed by atoms with Crippen LogP contribution in [0.15, 0.2) is 0 Å². The lowest BCUT2D eigenvalue weighted by atomic mass is 9.79. The van der Waals surface area contributed by atoms with Crippen LogP contribution in [0.3, 0.4) is 0 Å². The zero-order chi connectivity index (χ0) is 11.4. The van der Waals surface area contributed by atoms with Gasteiger partial charge in [0.15, 0.2) is 0 Å². The molecule has 1 fully saturated rings. The number of rotatable bonds is 3. The van der Waals surface area contributed by atoms with Gasteiger partial charge in [0.1, 0.15) is 0 Å². The van der Waals surface area contributed by atoms with E-state index in [1.807, 2.05) is 0 Å². The van der Waals surface area contributed by atoms with Gasteiger partial charge in [-0.05, 0) is 12.8 Å². The summed E-state index contributed by atoms with van der Waals surface area (Å²) >= 11 is 0. The fourth-order valence-corrected chi connectivity index (χ4v) is 2.04. The van der Waals surface area contributed by atoms with Gasteiger partial charge in [0.25, 0.3) is 0 Å². The van der Waals surface area contributed by atoms with Crippen molar-refractivity contribution >= 4 is 11.9 Å². The minimum atomic E-state index is -0.853. The van der Waals surface area contributed by atoms with Crippen LogP contribution >= 0.6 is 0 Å². The standard InChI is InChI=1S/C10H18N2O3/c1-12(2)11-9(13)7-5-3-4-6-8(7)10(14)15/h7-8H,3-6H2,1-2H3,(H,11,13)(H,14,15). The number of amides is 1. The Balaban J connectivity index is 2.63. The summed E-state index contributed by atoms with van der Waals surface area (Å²) in [5.74, 6) is -1.92. The SMILES string of the molecule is CN(C)NC(=O)C1CCCCC1C(=O)O. The highest BCUT2D eigenvalue weighted by Crippen LogP contribution is 2.30. The molecule has 0 heterocycles. The lowest BCUT2D eigenvalue weighted by Crippen LogP contribution is -2.45. The normalized spacial score (nSPS) is 26.3. The number of nitrogens with zero attached hydrogens (tertiary/aromatic N) is 1. The van der Waals surface area contributed by atoms with Gasteiger partial charge in [0.2, 0.25) is 5.91 Å². The van der Waals surface area contributed by atoms with Crippen molar-refractivity contribution < 1.29 is 14.7 Å². The number of carboxylic acid groups (broad SMARTS) is 1. The predicted octanol–water partition coefficient (Wildman–Crippen LogP) is 0.470. The molecule has 1 saturated carbocycles. The molecule has 0 aromatic heterocycles. The topological polar surface area (TPSA) is 69.6 Å². The molecular weight excluding hydrogens is 196 g/mol. The molecule has 1 aliphatic rings. The molecule has 2 atom stereocenters. The second kappa shape index (κ2) is 5.11. The van der Waals surface area contributed by atoms with E-state index < -0.39 is 11.9 Å². The van der Waals surface area contributed by atoms with Gasteiger partial charge in [0, 0.05) is 14.1 Å². The first-order chi connectivity index (χ1) is 7.02. The molecule has 1 rings (SSSR count). The van der Waals surface area contributed by atoms with Crippen LogP contribution in [0.5, 0.6) is 0 Å². The molecule has 0 saturated heterocycles. The minimum absolute atomic E-state index is 0.174. The van der Waals surface area contributed by atoms with Gasteiger partial charge in [-0.2, -0.15) is 0 Å². The molecule has 0 radical (unpaired) electrons. The highest BCUT2D eigenvalue weighted by atomic mass is 16.4. The van der Waals surface area contributed by atoms with Crippen LogP contribution < -0.4 is 5.43 Å². The van der Waals surface area contributed by atoms with Crippen molar-refractivity contribution in [2.24, 2.45) is 11.8 Å². The smallest absolute Gasteiger partial charge is 0.307 e. The zero-order valence-corrected chi connectivity index (χ0v) is 9.19. The first-order valence-electron chi connectivity index (χ1n) is 5.23. The number of hydrogen-bond acceptors (Lipinski definition) is 3. The van der Waals surface area contributed by atoms with Crippen molar-refractivity contribution in [3.8, 4) is 0 Å². The van der Waals surface area contributed by atoms with E-state index in [0.717, 1.165) is 12.8 Å². The Morgan fingerprint density at radius 1 is 1.20 bits per heavy atom. The summed E-state index contributed by atoms with van der Waals surface area (Å²) in [6.07, 6.45) is 3.13. The monoisotopic (exact) mass is 214 g/mol. The zero-order valence-electron chi connectivity index (χ0n) is 9.19. The molecule has 0 spiro atoms. The van der Waals surface area contributed by atoms with E-state index in [9.17, 15) is 9.59 Å². The quantitative estimate of drug-likeness (QED) is 0.670. The van der Waals surface area contributed by atoms with Crippen LogP contribution in [-0.2, 0) is 9.59 Å². The Hall–Kier alpha value is -1.10. The van der Waals surface area contributed by atoms with E-state index in [-0.39, 0.29) is 11.8 Å². The van der Waals surface area contributed by atoms with E-state index in [2.05, 4.69) is 5.43 Å². The molecule has 0 bridgehead atoms. The van der Waals surface area contributed by atoms with E-state index in [1.165, 1.54) is 0 Å². The van der Waals surface area contributed by atoms with Gasteiger partial charge < -0.3 is 5.11 Å². The van der Waals surface area contributed by atoms with Gasteiger partial charge in [-0.3, -0.25) is 15.0 Å². The average molecular weight is 214 g/mol. The van der Waals surface area contributed by atoms with Crippen molar-refractivity contribution in [1.29, 1.82) is 0 Å². The number of nitrogens with one attached hydrogen (secondary N) is 1. The van der Waals surface area contributed by atoms with Crippen molar-refractivity contribution in [1.82, 2.24) is 10.4 Å². The minimum Gasteiger partial charge on any atom is -0.481 e. The lowest BCUT2D eigenvalue weighted by molar-refractivity contribution is -0.149. The summed E-state index contributed by atoms with van der Waals surface area (Å²) in [6, 6.07) is 0. The van der Waals surface area contributed by atoms with Gasteiger partial charge in [-0.1, -0.05) is 12.8 Å². The highest BCUT2D eigenvalue weighted by Gasteiger charge is 2.35. The van der Waals surface area contributed by atoms with E-state index in [0.29, 0.717) is 12.8 Å². The second-order valence-electron chi connectivity index (χ2n) is 4.21. The number of hydrazine groups is 1. The molecule has 5 heteroatoms. The molecule has 15 heavy (non-hydrogen) atoms. The highest BCUT2D eigenvalue weighted by molar-refractivity contribution is 5.84. The van der Waals surface area contributed by atoms with Gasteiger partial charge in [-0.15, -0.1) is 0 Å². The Bertz CT molecular complexity index is 253. The molecule has 0 aliphatic heterocycles. The Morgan fingerprint density at radius 3 is 2.20 bits per heavy atom. The summed E-state index contributed by atoms with van der Waals surface area (Å²) in [5.41, 5.74) is 2.63. The fraction of sp³-hybridized carbons (Fsp3) is 0.800. The first-order valence-corrected chi connectivity index (χ1v) is 5.23. The number of aliphatic carboxylic acids is 1. The molecule has 2 unspecified atom stereocenters. The van der Waals surface area contributed by atoms with E-state index in [4.69, 9.17) is 5.11 Å². The largest absolute Gasteiger partial charge is 0.481 e. The molecule has 1 aliphatic carbocycles. The molecule has 86 valence electrons. The maximum absolute atomic E-state index is 11.7. The lowest BCUT2D eigenvalue weighted by Gasteiger charge is -2.28. The second-order valence-corrected chi connectivity index (χ2v) is 4.21. The fourth-order valence-electron chi connectivity index (χ4n) is 2.04. The van der Waals surface area contributed by atoms with Crippen LogP contribution in [0.2, 0.25) is 0 Å². The van der Waals surface area contributed by atoms with Crippen LogP contribution in [0.4, 0.5) is 0 Å². The van der Waals surface area contributed by atoms with Crippen LogP contribution in [0.25, 0.3) is 0 Å². The first kappa shape index (κ1) is 12.0. The Morgan fingerprint density at radius 2 is 1.73 bits per heavy atom. The predicted molar refractivity (Wildman–Crippen MR) is 54.9 cm³/mol. The molecule has 1 amide bonds. The molecular formula is C10H18N2O3. The van der Waals surface area contributed by atoms with E-state index in [1.54, 1.807) is 19.1 Å². The van der Waals surface area contributed by atoms with Crippen molar-refractivity contribution in [2.75, 3.05) is 14.1 Å². The van der Waals surface area contributed by atoms with Crippen molar-refractivity contribution in [3.63, 3.8) is 0 Å². The van der Waals surface area contributed by atoms with Crippen molar-refractivity contribution in [2.45, 2.75) is 25.7 Å². The third kappa shape index (κ3) is 3.20. The molecule has 0 aromatic carbocycles. The summed E-state index contributed by atoms with van der Waals surface area (Å²) in [4.78, 5) is 22.7. The number of carboxylic acids is 1. The summed E-state index contributed by atoms with van der Waals surface area (Å²) in [6.45, 7) is 0.